The molecule has 0 unspecified atom stereocenters. The van der Waals surface area contributed by atoms with Crippen molar-refractivity contribution in [1.82, 2.24) is 0 Å². The topological polar surface area (TPSA) is 9.23 Å². The molecule has 0 amide bonds. The molecule has 142 valence electrons. The molecule has 0 radical (unpaired) electrons. The summed E-state index contributed by atoms with van der Waals surface area (Å²) in [5.74, 6) is 2.91. The van der Waals surface area contributed by atoms with Gasteiger partial charge in [0.15, 0.2) is 0 Å². The van der Waals surface area contributed by atoms with E-state index in [1.54, 1.807) is 0 Å². The minimum Gasteiger partial charge on any atom is -0.378 e. The van der Waals surface area contributed by atoms with E-state index in [-0.39, 0.29) is 0 Å². The number of unbranched alkanes of at least 4 members (excludes halogenated alkanes) is 4. The normalized spacial score (nSPS) is 31.2. The van der Waals surface area contributed by atoms with E-state index < -0.39 is 0 Å². The van der Waals surface area contributed by atoms with E-state index in [4.69, 9.17) is 4.74 Å². The lowest BCUT2D eigenvalue weighted by Crippen LogP contribution is -2.26. The zero-order valence-electron chi connectivity index (χ0n) is 16.7. The van der Waals surface area contributed by atoms with Crippen LogP contribution in [0.1, 0.15) is 117 Å². The number of hydrogen-bond donors (Lipinski definition) is 0. The van der Waals surface area contributed by atoms with Crippen molar-refractivity contribution in [1.29, 1.82) is 0 Å². The summed E-state index contributed by atoms with van der Waals surface area (Å²) in [4.78, 5) is 0. The van der Waals surface area contributed by atoms with Gasteiger partial charge in [0, 0.05) is 6.61 Å². The Kier molecular flexibility index (Phi) is 10.4. The summed E-state index contributed by atoms with van der Waals surface area (Å²) in [6.45, 7) is 5.68. The Morgan fingerprint density at radius 3 is 1.54 bits per heavy atom. The molecule has 2 aliphatic carbocycles. The fourth-order valence-corrected chi connectivity index (χ4v) is 4.91. The summed E-state index contributed by atoms with van der Waals surface area (Å²) < 4.78 is 6.33. The van der Waals surface area contributed by atoms with E-state index in [9.17, 15) is 0 Å². The van der Waals surface area contributed by atoms with Crippen LogP contribution in [0, 0.1) is 17.8 Å². The number of ether oxygens (including phenoxy) is 1. The van der Waals surface area contributed by atoms with E-state index in [0.717, 1.165) is 24.4 Å². The quantitative estimate of drug-likeness (QED) is 0.354. The molecular formula is C23H44O. The predicted octanol–water partition coefficient (Wildman–Crippen LogP) is 7.53. The lowest BCUT2D eigenvalue weighted by Gasteiger charge is -2.32. The van der Waals surface area contributed by atoms with Crippen molar-refractivity contribution in [3.05, 3.63) is 0 Å². The highest BCUT2D eigenvalue weighted by Gasteiger charge is 2.24. The third kappa shape index (κ3) is 7.89. The maximum absolute atomic E-state index is 6.33. The van der Waals surface area contributed by atoms with Crippen LogP contribution in [0.15, 0.2) is 0 Å². The third-order valence-electron chi connectivity index (χ3n) is 6.76. The van der Waals surface area contributed by atoms with E-state index in [1.165, 1.54) is 103 Å². The molecule has 0 aromatic carbocycles. The van der Waals surface area contributed by atoms with Gasteiger partial charge >= 0.3 is 0 Å². The summed E-state index contributed by atoms with van der Waals surface area (Å²) in [6.07, 6.45) is 23.4. The molecular weight excluding hydrogens is 292 g/mol. The summed E-state index contributed by atoms with van der Waals surface area (Å²) in [5.41, 5.74) is 0. The molecule has 0 saturated heterocycles. The van der Waals surface area contributed by atoms with E-state index in [2.05, 4.69) is 13.8 Å². The predicted molar refractivity (Wildman–Crippen MR) is 105 cm³/mol. The molecule has 0 aliphatic heterocycles. The van der Waals surface area contributed by atoms with Crippen LogP contribution in [0.5, 0.6) is 0 Å². The van der Waals surface area contributed by atoms with Crippen LogP contribution in [-0.2, 0) is 4.74 Å². The van der Waals surface area contributed by atoms with Crippen LogP contribution in [0.25, 0.3) is 0 Å². The standard InChI is InChI=1S/C23H44O/c1-3-5-7-9-20-11-13-22(14-12-20)19-24-23-17-15-21(16-18-23)10-8-6-4-2/h20-23H,3-19H2,1-2H3/t20-,21?,22-,23?. The lowest BCUT2D eigenvalue weighted by molar-refractivity contribution is -0.0104. The van der Waals surface area contributed by atoms with E-state index >= 15 is 0 Å². The van der Waals surface area contributed by atoms with Gasteiger partial charge in [-0.1, -0.05) is 78.1 Å². The van der Waals surface area contributed by atoms with Crippen molar-refractivity contribution in [3.63, 3.8) is 0 Å². The highest BCUT2D eigenvalue weighted by molar-refractivity contribution is 4.76. The minimum absolute atomic E-state index is 0.592. The first-order valence-electron chi connectivity index (χ1n) is 11.4. The smallest absolute Gasteiger partial charge is 0.0575 e. The molecule has 2 fully saturated rings. The number of rotatable bonds is 11. The highest BCUT2D eigenvalue weighted by atomic mass is 16.5. The first kappa shape index (κ1) is 20.3. The summed E-state index contributed by atoms with van der Waals surface area (Å²) >= 11 is 0. The van der Waals surface area contributed by atoms with Crippen LogP contribution in [0.2, 0.25) is 0 Å². The molecule has 0 bridgehead atoms. The van der Waals surface area contributed by atoms with Gasteiger partial charge in [-0.05, 0) is 56.3 Å². The second-order valence-corrected chi connectivity index (χ2v) is 8.85. The average Bonchev–Trinajstić information content (AvgIpc) is 2.63. The highest BCUT2D eigenvalue weighted by Crippen LogP contribution is 2.34. The second-order valence-electron chi connectivity index (χ2n) is 8.85. The third-order valence-corrected chi connectivity index (χ3v) is 6.76. The molecule has 0 aromatic heterocycles. The molecule has 0 spiro atoms. The van der Waals surface area contributed by atoms with Gasteiger partial charge in [-0.25, -0.2) is 0 Å². The fourth-order valence-electron chi connectivity index (χ4n) is 4.91. The Hall–Kier alpha value is -0.0400. The van der Waals surface area contributed by atoms with E-state index in [1.807, 2.05) is 0 Å². The SMILES string of the molecule is CCCCCC1CCC(OC[C@H]2CC[C@H](CCCCC)CC2)CC1. The zero-order chi connectivity index (χ0) is 17.0. The molecule has 0 N–H and O–H groups in total. The van der Waals surface area contributed by atoms with Gasteiger partial charge in [-0.3, -0.25) is 0 Å². The Bertz CT molecular complexity index is 254. The van der Waals surface area contributed by atoms with Crippen LogP contribution in [-0.4, -0.2) is 12.7 Å². The van der Waals surface area contributed by atoms with Crippen molar-refractivity contribution in [3.8, 4) is 0 Å². The molecule has 2 saturated carbocycles. The Morgan fingerprint density at radius 1 is 0.583 bits per heavy atom. The van der Waals surface area contributed by atoms with Crippen molar-refractivity contribution in [2.45, 2.75) is 123 Å². The van der Waals surface area contributed by atoms with Crippen LogP contribution in [0.4, 0.5) is 0 Å². The molecule has 24 heavy (non-hydrogen) atoms. The first-order valence-corrected chi connectivity index (χ1v) is 11.4. The monoisotopic (exact) mass is 336 g/mol. The van der Waals surface area contributed by atoms with Gasteiger partial charge in [0.2, 0.25) is 0 Å². The van der Waals surface area contributed by atoms with Crippen LogP contribution in [0.3, 0.4) is 0 Å². The molecule has 1 nitrogen and oxygen atoms in total. The second kappa shape index (κ2) is 12.3. The zero-order valence-corrected chi connectivity index (χ0v) is 16.7. The summed E-state index contributed by atoms with van der Waals surface area (Å²) in [7, 11) is 0. The maximum atomic E-state index is 6.33. The molecule has 2 aliphatic rings. The summed E-state index contributed by atoms with van der Waals surface area (Å²) in [6, 6.07) is 0. The van der Waals surface area contributed by atoms with Crippen molar-refractivity contribution in [2.24, 2.45) is 17.8 Å². The Balaban J connectivity index is 1.49. The van der Waals surface area contributed by atoms with Crippen molar-refractivity contribution < 1.29 is 4.74 Å². The van der Waals surface area contributed by atoms with Gasteiger partial charge in [0.25, 0.3) is 0 Å². The largest absolute Gasteiger partial charge is 0.378 e. The van der Waals surface area contributed by atoms with Gasteiger partial charge in [-0.2, -0.15) is 0 Å². The van der Waals surface area contributed by atoms with Crippen molar-refractivity contribution >= 4 is 0 Å². The lowest BCUT2D eigenvalue weighted by atomic mass is 9.80. The van der Waals surface area contributed by atoms with E-state index in [0.29, 0.717) is 6.10 Å². The number of hydrogen-bond acceptors (Lipinski definition) is 1. The van der Waals surface area contributed by atoms with Gasteiger partial charge < -0.3 is 4.74 Å². The summed E-state index contributed by atoms with van der Waals surface area (Å²) in [5, 5.41) is 0. The molecule has 0 aromatic rings. The van der Waals surface area contributed by atoms with Crippen LogP contribution < -0.4 is 0 Å². The van der Waals surface area contributed by atoms with Crippen LogP contribution >= 0.6 is 0 Å². The minimum atomic E-state index is 0.592. The molecule has 2 rings (SSSR count). The molecule has 1 heteroatoms. The van der Waals surface area contributed by atoms with Gasteiger partial charge in [0.05, 0.1) is 6.10 Å². The molecule has 0 heterocycles. The Morgan fingerprint density at radius 2 is 1.04 bits per heavy atom. The van der Waals surface area contributed by atoms with Gasteiger partial charge in [0.1, 0.15) is 0 Å². The molecule has 0 atom stereocenters. The van der Waals surface area contributed by atoms with Crippen molar-refractivity contribution in [2.75, 3.05) is 6.61 Å². The Labute approximate surface area is 152 Å². The average molecular weight is 337 g/mol. The van der Waals surface area contributed by atoms with Gasteiger partial charge in [-0.15, -0.1) is 0 Å². The first-order chi connectivity index (χ1) is 11.8. The maximum Gasteiger partial charge on any atom is 0.0575 e. The fraction of sp³-hybridized carbons (Fsp3) is 1.00.